The lowest BCUT2D eigenvalue weighted by Crippen LogP contribution is -2.25. The van der Waals surface area contributed by atoms with Crippen LogP contribution in [0, 0.1) is 0 Å². The highest BCUT2D eigenvalue weighted by Gasteiger charge is 2.18. The lowest BCUT2D eigenvalue weighted by Gasteiger charge is -2.11. The topological polar surface area (TPSA) is 130 Å². The van der Waals surface area contributed by atoms with Crippen LogP contribution in [0.15, 0.2) is 94.9 Å². The third-order valence-electron chi connectivity index (χ3n) is 7.01. The summed E-state index contributed by atoms with van der Waals surface area (Å²) < 4.78 is 20.3. The SMILES string of the molecule is CCCCOC(=O)[C@H](C)OC(=O)/C=C/c1ccc(N=Cc2ccc(C=Nc3ccc(/C=C/C(=O)O[C@@H](C)C(=O)OCCCC)cc3)cc2)cc1. The average molecular weight is 681 g/mol. The molecule has 3 aromatic carbocycles. The van der Waals surface area contributed by atoms with E-state index < -0.39 is 36.1 Å². The van der Waals surface area contributed by atoms with Gasteiger partial charge < -0.3 is 18.9 Å². The number of carbonyl (C=O) groups is 4. The van der Waals surface area contributed by atoms with Crippen molar-refractivity contribution in [3.05, 3.63) is 107 Å². The molecule has 0 aliphatic carbocycles. The Labute approximate surface area is 293 Å². The molecule has 3 aromatic rings. The van der Waals surface area contributed by atoms with Crippen LogP contribution in [0.2, 0.25) is 0 Å². The number of unbranched alkanes of at least 4 members (excludes halogenated alkanes) is 2. The van der Waals surface area contributed by atoms with Crippen molar-refractivity contribution < 1.29 is 38.1 Å². The summed E-state index contributed by atoms with van der Waals surface area (Å²) in [6.07, 6.45) is 10.7. The molecule has 262 valence electrons. The van der Waals surface area contributed by atoms with Gasteiger partial charge in [-0.05, 0) is 85.4 Å². The predicted molar refractivity (Wildman–Crippen MR) is 195 cm³/mol. The van der Waals surface area contributed by atoms with Crippen molar-refractivity contribution in [2.75, 3.05) is 13.2 Å². The minimum Gasteiger partial charge on any atom is -0.463 e. The van der Waals surface area contributed by atoms with Crippen LogP contribution in [0.5, 0.6) is 0 Å². The van der Waals surface area contributed by atoms with Gasteiger partial charge in [-0.3, -0.25) is 9.98 Å². The lowest BCUT2D eigenvalue weighted by atomic mass is 10.1. The van der Waals surface area contributed by atoms with E-state index in [-0.39, 0.29) is 0 Å². The number of hydrogen-bond acceptors (Lipinski definition) is 10. The minimum absolute atomic E-state index is 0.311. The van der Waals surface area contributed by atoms with E-state index in [0.717, 1.165) is 59.3 Å². The van der Waals surface area contributed by atoms with Gasteiger partial charge in [0.2, 0.25) is 0 Å². The Kier molecular flexibility index (Phi) is 16.6. The van der Waals surface area contributed by atoms with Crippen molar-refractivity contribution in [2.24, 2.45) is 9.98 Å². The number of hydrogen-bond donors (Lipinski definition) is 0. The summed E-state index contributed by atoms with van der Waals surface area (Å²) in [5, 5.41) is 0. The van der Waals surface area contributed by atoms with Crippen LogP contribution in [0.1, 0.15) is 75.6 Å². The van der Waals surface area contributed by atoms with E-state index in [0.29, 0.717) is 13.2 Å². The molecule has 2 atom stereocenters. The first kappa shape index (κ1) is 38.8. The zero-order valence-electron chi connectivity index (χ0n) is 29.0. The molecule has 0 aromatic heterocycles. The maximum absolute atomic E-state index is 12.1. The van der Waals surface area contributed by atoms with Crippen LogP contribution < -0.4 is 0 Å². The molecule has 10 nitrogen and oxygen atoms in total. The Balaban J connectivity index is 1.44. The molecule has 0 heterocycles. The molecule has 0 N–H and O–H groups in total. The summed E-state index contributed by atoms with van der Waals surface area (Å²) in [5.74, 6) is -2.37. The molecular formula is C40H44N2O8. The molecule has 0 fully saturated rings. The summed E-state index contributed by atoms with van der Waals surface area (Å²) >= 11 is 0. The normalized spacial score (nSPS) is 12.7. The second-order valence-corrected chi connectivity index (χ2v) is 11.2. The minimum atomic E-state index is -0.971. The highest BCUT2D eigenvalue weighted by molar-refractivity contribution is 5.90. The summed E-state index contributed by atoms with van der Waals surface area (Å²) in [6.45, 7) is 7.58. The molecule has 0 radical (unpaired) electrons. The van der Waals surface area contributed by atoms with Gasteiger partial charge in [0.1, 0.15) is 0 Å². The van der Waals surface area contributed by atoms with E-state index in [1.54, 1.807) is 24.6 Å². The Morgan fingerprint density at radius 2 is 0.900 bits per heavy atom. The van der Waals surface area contributed by atoms with E-state index in [1.807, 2.05) is 86.6 Å². The van der Waals surface area contributed by atoms with Gasteiger partial charge in [-0.15, -0.1) is 0 Å². The molecule has 0 saturated carbocycles. The van der Waals surface area contributed by atoms with Crippen LogP contribution in [-0.4, -0.2) is 61.7 Å². The summed E-state index contributed by atoms with van der Waals surface area (Å²) in [6, 6.07) is 22.4. The fraction of sp³-hybridized carbons (Fsp3) is 0.300. The first-order valence-corrected chi connectivity index (χ1v) is 16.7. The van der Waals surface area contributed by atoms with E-state index in [2.05, 4.69) is 9.98 Å². The van der Waals surface area contributed by atoms with Gasteiger partial charge in [0.15, 0.2) is 12.2 Å². The van der Waals surface area contributed by atoms with E-state index in [1.165, 1.54) is 26.0 Å². The molecule has 0 amide bonds. The quantitative estimate of drug-likeness (QED) is 0.0438. The van der Waals surface area contributed by atoms with Crippen molar-refractivity contribution >= 4 is 59.8 Å². The van der Waals surface area contributed by atoms with Gasteiger partial charge >= 0.3 is 23.9 Å². The Bertz CT molecular complexity index is 1530. The van der Waals surface area contributed by atoms with Gasteiger partial charge in [-0.2, -0.15) is 0 Å². The third-order valence-corrected chi connectivity index (χ3v) is 7.01. The van der Waals surface area contributed by atoms with Gasteiger partial charge in [-0.25, -0.2) is 19.2 Å². The van der Waals surface area contributed by atoms with Crippen LogP contribution >= 0.6 is 0 Å². The van der Waals surface area contributed by atoms with Crippen molar-refractivity contribution in [2.45, 2.75) is 65.6 Å². The van der Waals surface area contributed by atoms with Crippen LogP contribution in [-0.2, 0) is 38.1 Å². The molecule has 0 bridgehead atoms. The van der Waals surface area contributed by atoms with Gasteiger partial charge in [0.05, 0.1) is 24.6 Å². The van der Waals surface area contributed by atoms with Gasteiger partial charge in [-0.1, -0.05) is 75.2 Å². The molecule has 50 heavy (non-hydrogen) atoms. The first-order chi connectivity index (χ1) is 24.2. The zero-order chi connectivity index (χ0) is 36.1. The van der Waals surface area contributed by atoms with E-state index >= 15 is 0 Å². The molecule has 0 spiro atoms. The number of aliphatic imine (C=N–C) groups is 2. The van der Waals surface area contributed by atoms with Crippen LogP contribution in [0.3, 0.4) is 0 Å². The van der Waals surface area contributed by atoms with Crippen LogP contribution in [0.25, 0.3) is 12.2 Å². The highest BCUT2D eigenvalue weighted by atomic mass is 16.6. The first-order valence-electron chi connectivity index (χ1n) is 16.7. The van der Waals surface area contributed by atoms with E-state index in [4.69, 9.17) is 18.9 Å². The molecule has 3 rings (SSSR count). The summed E-state index contributed by atoms with van der Waals surface area (Å²) in [7, 11) is 0. The standard InChI is InChI=1S/C40H44N2O8/c1-5-7-25-47-39(45)29(3)49-37(43)23-17-31-13-19-35(20-14-31)41-27-33-9-11-34(12-10-33)28-42-36-21-15-32(16-22-36)18-24-38(44)50-30(4)40(46)48-26-8-6-2/h9-24,27-30H,5-8,25-26H2,1-4H3/b23-17+,24-18+,41-27?,42-28?/t29-,30-/m0/s1. The molecule has 0 unspecified atom stereocenters. The number of esters is 4. The second-order valence-electron chi connectivity index (χ2n) is 11.2. The molecule has 0 aliphatic rings. The maximum atomic E-state index is 12.1. The lowest BCUT2D eigenvalue weighted by molar-refractivity contribution is -0.163. The van der Waals surface area contributed by atoms with Crippen LogP contribution in [0.4, 0.5) is 11.4 Å². The number of ether oxygens (including phenoxy) is 4. The number of benzene rings is 3. The zero-order valence-corrected chi connectivity index (χ0v) is 29.0. The third kappa shape index (κ3) is 14.6. The molecule has 0 aliphatic heterocycles. The number of rotatable bonds is 18. The smallest absolute Gasteiger partial charge is 0.347 e. The Morgan fingerprint density at radius 3 is 1.24 bits per heavy atom. The summed E-state index contributed by atoms with van der Waals surface area (Å²) in [4.78, 5) is 56.9. The van der Waals surface area contributed by atoms with Crippen molar-refractivity contribution in [1.29, 1.82) is 0 Å². The van der Waals surface area contributed by atoms with E-state index in [9.17, 15) is 19.2 Å². The monoisotopic (exact) mass is 680 g/mol. The molecule has 0 saturated heterocycles. The number of nitrogens with zero attached hydrogens (tertiary/aromatic N) is 2. The van der Waals surface area contributed by atoms with Crippen molar-refractivity contribution in [1.82, 2.24) is 0 Å². The fourth-order valence-electron chi connectivity index (χ4n) is 4.03. The van der Waals surface area contributed by atoms with Gasteiger partial charge in [0.25, 0.3) is 0 Å². The maximum Gasteiger partial charge on any atom is 0.347 e. The predicted octanol–water partition coefficient (Wildman–Crippen LogP) is 7.76. The largest absolute Gasteiger partial charge is 0.463 e. The molecular weight excluding hydrogens is 636 g/mol. The second kappa shape index (κ2) is 21.4. The van der Waals surface area contributed by atoms with Gasteiger partial charge in [0, 0.05) is 24.6 Å². The number of carbonyl (C=O) groups excluding carboxylic acids is 4. The highest BCUT2D eigenvalue weighted by Crippen LogP contribution is 2.16. The average Bonchev–Trinajstić information content (AvgIpc) is 3.12. The Morgan fingerprint density at radius 1 is 0.560 bits per heavy atom. The summed E-state index contributed by atoms with van der Waals surface area (Å²) in [5.41, 5.74) is 4.86. The molecule has 10 heteroatoms. The van der Waals surface area contributed by atoms with Crippen molar-refractivity contribution in [3.63, 3.8) is 0 Å². The van der Waals surface area contributed by atoms with Crippen molar-refractivity contribution in [3.8, 4) is 0 Å². The Hall–Kier alpha value is -5.64. The fourth-order valence-corrected chi connectivity index (χ4v) is 4.03.